The van der Waals surface area contributed by atoms with Gasteiger partial charge in [0.25, 0.3) is 0 Å². The molecule has 2 heterocycles. The van der Waals surface area contributed by atoms with Gasteiger partial charge in [-0.05, 0) is 81.1 Å². The van der Waals surface area contributed by atoms with Crippen molar-refractivity contribution in [3.8, 4) is 0 Å². The average molecular weight is 546 g/mol. The van der Waals surface area contributed by atoms with E-state index in [0.29, 0.717) is 28.8 Å². The van der Waals surface area contributed by atoms with Crippen LogP contribution >= 0.6 is 35.1 Å². The summed E-state index contributed by atoms with van der Waals surface area (Å²) in [6.45, 7) is 6.01. The van der Waals surface area contributed by atoms with Gasteiger partial charge < -0.3 is 9.04 Å². The molecule has 0 saturated heterocycles. The predicted molar refractivity (Wildman–Crippen MR) is 144 cm³/mol. The molecule has 11 heteroatoms. The first-order valence-corrected chi connectivity index (χ1v) is 12.7. The number of aromatic nitrogens is 2. The molecule has 8 nitrogen and oxygen atoms in total. The van der Waals surface area contributed by atoms with Gasteiger partial charge in [0.05, 0.1) is 6.20 Å². The highest BCUT2D eigenvalue weighted by Gasteiger charge is 2.27. The van der Waals surface area contributed by atoms with Crippen molar-refractivity contribution in [3.63, 3.8) is 0 Å². The Morgan fingerprint density at radius 3 is 2.56 bits per heavy atom. The fourth-order valence-corrected chi connectivity index (χ4v) is 5.33. The van der Waals surface area contributed by atoms with Gasteiger partial charge >= 0.3 is 12.0 Å². The number of fused-ring (bicyclic) bond motifs is 1. The molecule has 1 N–H and O–H groups in total. The van der Waals surface area contributed by atoms with Gasteiger partial charge in [-0.2, -0.15) is 0 Å². The molecule has 0 unspecified atom stereocenters. The highest BCUT2D eigenvalue weighted by Crippen LogP contribution is 2.37. The van der Waals surface area contributed by atoms with Crippen LogP contribution in [0.5, 0.6) is 0 Å². The Balaban J connectivity index is 1.57. The number of hydrogen-bond acceptors (Lipinski definition) is 7. The number of amides is 2. The van der Waals surface area contributed by atoms with Crippen molar-refractivity contribution in [2.75, 3.05) is 27.6 Å². The van der Waals surface area contributed by atoms with Crippen LogP contribution < -0.4 is 14.5 Å². The van der Waals surface area contributed by atoms with E-state index in [1.54, 1.807) is 29.3 Å². The summed E-state index contributed by atoms with van der Waals surface area (Å²) in [6, 6.07) is 10.7. The van der Waals surface area contributed by atoms with Gasteiger partial charge in [0.2, 0.25) is 0 Å². The fourth-order valence-electron chi connectivity index (χ4n) is 3.67. The molecule has 36 heavy (non-hydrogen) atoms. The van der Waals surface area contributed by atoms with Crippen LogP contribution in [-0.4, -0.2) is 40.7 Å². The van der Waals surface area contributed by atoms with E-state index >= 15 is 0 Å². The minimum absolute atomic E-state index is 0.00172. The Morgan fingerprint density at radius 2 is 1.89 bits per heavy atom. The molecular weight excluding hydrogens is 521 g/mol. The molecule has 0 aliphatic carbocycles. The van der Waals surface area contributed by atoms with Gasteiger partial charge in [-0.1, -0.05) is 23.2 Å². The van der Waals surface area contributed by atoms with Gasteiger partial charge in [0, 0.05) is 45.3 Å². The van der Waals surface area contributed by atoms with Gasteiger partial charge in [-0.25, -0.2) is 9.78 Å². The van der Waals surface area contributed by atoms with Crippen LogP contribution in [0.15, 0.2) is 59.9 Å². The van der Waals surface area contributed by atoms with Crippen LogP contribution in [0.25, 0.3) is 0 Å². The summed E-state index contributed by atoms with van der Waals surface area (Å²) in [5.41, 5.74) is 1.97. The van der Waals surface area contributed by atoms with E-state index in [-0.39, 0.29) is 18.5 Å². The maximum atomic E-state index is 12.8. The second kappa shape index (κ2) is 10.9. The van der Waals surface area contributed by atoms with Crippen molar-refractivity contribution < 1.29 is 14.3 Å². The van der Waals surface area contributed by atoms with Crippen molar-refractivity contribution in [1.82, 2.24) is 9.97 Å². The largest absolute Gasteiger partial charge is 0.459 e. The second-order valence-electron chi connectivity index (χ2n) is 9.05. The minimum Gasteiger partial charge on any atom is -0.459 e. The lowest BCUT2D eigenvalue weighted by Crippen LogP contribution is -2.33. The van der Waals surface area contributed by atoms with Crippen molar-refractivity contribution >= 4 is 64.3 Å². The van der Waals surface area contributed by atoms with Crippen LogP contribution in [0, 0.1) is 0 Å². The number of halogens is 2. The Morgan fingerprint density at radius 1 is 1.14 bits per heavy atom. The quantitative estimate of drug-likeness (QED) is 0.290. The van der Waals surface area contributed by atoms with E-state index in [2.05, 4.69) is 15.3 Å². The Kier molecular flexibility index (Phi) is 7.92. The molecule has 1 aliphatic rings. The van der Waals surface area contributed by atoms with E-state index in [0.717, 1.165) is 21.8 Å². The average Bonchev–Trinajstić information content (AvgIpc) is 3.21. The molecule has 4 rings (SSSR count). The molecule has 0 bridgehead atoms. The summed E-state index contributed by atoms with van der Waals surface area (Å²) in [5, 5.41) is 3.77. The van der Waals surface area contributed by atoms with E-state index < -0.39 is 5.60 Å². The van der Waals surface area contributed by atoms with Crippen molar-refractivity contribution in [1.29, 1.82) is 0 Å². The molecule has 0 saturated carbocycles. The van der Waals surface area contributed by atoms with E-state index in [1.165, 1.54) is 24.3 Å². The molecule has 0 radical (unpaired) electrons. The van der Waals surface area contributed by atoms with Crippen LogP contribution in [-0.2, 0) is 16.0 Å². The van der Waals surface area contributed by atoms with Crippen LogP contribution in [0.2, 0.25) is 10.0 Å². The lowest BCUT2D eigenvalue weighted by molar-refractivity contribution is -0.152. The molecule has 2 amide bonds. The fraction of sp³-hybridized carbons (Fsp3) is 0.280. The maximum absolute atomic E-state index is 12.8. The summed E-state index contributed by atoms with van der Waals surface area (Å²) in [5.74, 6) is 0.0151. The van der Waals surface area contributed by atoms with E-state index in [9.17, 15) is 9.59 Å². The smallest absolute Gasteiger partial charge is 0.327 e. The van der Waals surface area contributed by atoms with E-state index in [4.69, 9.17) is 27.9 Å². The monoisotopic (exact) mass is 545 g/mol. The Labute approximate surface area is 224 Å². The van der Waals surface area contributed by atoms with Crippen LogP contribution in [0.1, 0.15) is 26.3 Å². The molecule has 1 aromatic heterocycles. The number of hydrogen-bond donors (Lipinski definition) is 1. The Bertz CT molecular complexity index is 1250. The molecular formula is C25H25Cl2N5O3S. The number of urea groups is 1. The zero-order valence-electron chi connectivity index (χ0n) is 20.0. The number of nitrogens with zero attached hydrogens (tertiary/aromatic N) is 4. The molecule has 0 spiro atoms. The third kappa shape index (κ3) is 6.81. The molecule has 0 atom stereocenters. The third-order valence-electron chi connectivity index (χ3n) is 5.03. The number of carbonyl (C=O) groups is 2. The lowest BCUT2D eigenvalue weighted by atomic mass is 10.1. The van der Waals surface area contributed by atoms with Gasteiger partial charge in [-0.3, -0.25) is 20.0 Å². The zero-order valence-corrected chi connectivity index (χ0v) is 22.3. The number of nitrogens with one attached hydrogen (secondary N) is 1. The summed E-state index contributed by atoms with van der Waals surface area (Å²) >= 11 is 13.7. The Hall–Kier alpha value is -3.01. The van der Waals surface area contributed by atoms with Gasteiger partial charge in [-0.15, -0.1) is 0 Å². The number of anilines is 3. The number of carbonyl (C=O) groups excluding carboxylic acids is 2. The highest BCUT2D eigenvalue weighted by atomic mass is 35.5. The van der Waals surface area contributed by atoms with Crippen molar-refractivity contribution in [3.05, 3.63) is 70.6 Å². The molecule has 1 aliphatic heterocycles. The van der Waals surface area contributed by atoms with E-state index in [1.807, 2.05) is 43.3 Å². The number of benzene rings is 2. The number of esters is 1. The normalized spacial score (nSPS) is 12.8. The second-order valence-corrected chi connectivity index (χ2v) is 11.0. The molecule has 0 fully saturated rings. The summed E-state index contributed by atoms with van der Waals surface area (Å²) in [4.78, 5) is 36.0. The first kappa shape index (κ1) is 26.1. The molecule has 3 aromatic rings. The number of rotatable bonds is 6. The zero-order chi connectivity index (χ0) is 25.9. The van der Waals surface area contributed by atoms with Gasteiger partial charge in [0.15, 0.2) is 5.82 Å². The van der Waals surface area contributed by atoms with Crippen molar-refractivity contribution in [2.45, 2.75) is 37.7 Å². The number of ether oxygens (including phenoxy) is 1. The molecule has 2 aromatic carbocycles. The first-order chi connectivity index (χ1) is 17.1. The SMILES string of the molecule is CC(C)(C)OC(=O)CN(Sc1cc(Cl)cc(Cl)c1)c1ccc2c(c1)CCN2C(=O)Nc1cnccn1. The summed E-state index contributed by atoms with van der Waals surface area (Å²) in [6.07, 6.45) is 5.22. The van der Waals surface area contributed by atoms with Crippen LogP contribution in [0.3, 0.4) is 0 Å². The standard InChI is InChI=1S/C25H25Cl2N5O3S/c1-25(2,3)35-23(33)15-32(36-20-12-17(26)11-18(27)13-20)19-4-5-21-16(10-19)6-9-31(21)24(34)30-22-14-28-7-8-29-22/h4-5,7-8,10-14H,6,9,15H2,1-3H3,(H,29,30,34). The van der Waals surface area contributed by atoms with Gasteiger partial charge in [0.1, 0.15) is 12.1 Å². The predicted octanol–water partition coefficient (Wildman–Crippen LogP) is 6.23. The summed E-state index contributed by atoms with van der Waals surface area (Å²) in [7, 11) is 0. The first-order valence-electron chi connectivity index (χ1n) is 11.2. The topological polar surface area (TPSA) is 87.7 Å². The van der Waals surface area contributed by atoms with Crippen LogP contribution in [0.4, 0.5) is 22.0 Å². The lowest BCUT2D eigenvalue weighted by Gasteiger charge is -2.26. The highest BCUT2D eigenvalue weighted by molar-refractivity contribution is 8.00. The minimum atomic E-state index is -0.609. The molecule has 188 valence electrons. The van der Waals surface area contributed by atoms with Crippen molar-refractivity contribution in [2.24, 2.45) is 0 Å². The third-order valence-corrected chi connectivity index (χ3v) is 6.48. The maximum Gasteiger partial charge on any atom is 0.327 e. The summed E-state index contributed by atoms with van der Waals surface area (Å²) < 4.78 is 7.39.